The molecule has 1 unspecified atom stereocenters. The van der Waals surface area contributed by atoms with E-state index in [1.54, 1.807) is 25.1 Å². The maximum atomic E-state index is 12.1. The first-order chi connectivity index (χ1) is 10.0. The molecule has 114 valence electrons. The topological polar surface area (TPSA) is 58.6 Å². The highest BCUT2D eigenvalue weighted by atomic mass is 35.5. The highest BCUT2D eigenvalue weighted by Gasteiger charge is 2.23. The number of nitrogens with one attached hydrogen (secondary N) is 1. The molecule has 6 heteroatoms. The fraction of sp³-hybridized carbons (Fsp3) is 0.400. The molecule has 1 aliphatic rings. The van der Waals surface area contributed by atoms with Gasteiger partial charge in [-0.3, -0.25) is 4.79 Å². The van der Waals surface area contributed by atoms with Gasteiger partial charge in [0, 0.05) is 18.6 Å². The summed E-state index contributed by atoms with van der Waals surface area (Å²) >= 11 is 11.9. The van der Waals surface area contributed by atoms with Crippen LogP contribution in [0.4, 0.5) is 0 Å². The number of hydrogen-bond acceptors (Lipinski definition) is 3. The molecule has 0 saturated heterocycles. The van der Waals surface area contributed by atoms with E-state index < -0.39 is 6.10 Å². The van der Waals surface area contributed by atoms with Crippen molar-refractivity contribution in [2.24, 2.45) is 5.92 Å². The van der Waals surface area contributed by atoms with Gasteiger partial charge in [-0.15, -0.1) is 0 Å². The quantitative estimate of drug-likeness (QED) is 0.816. The number of aliphatic hydroxyl groups is 1. The summed E-state index contributed by atoms with van der Waals surface area (Å²) in [4.78, 5) is 12.1. The maximum Gasteiger partial charge on any atom is 0.261 e. The summed E-state index contributed by atoms with van der Waals surface area (Å²) in [5, 5.41) is 12.6. The summed E-state index contributed by atoms with van der Waals surface area (Å²) in [6, 6.07) is 4.95. The summed E-state index contributed by atoms with van der Waals surface area (Å²) in [7, 11) is 0. The lowest BCUT2D eigenvalue weighted by Crippen LogP contribution is -2.41. The van der Waals surface area contributed by atoms with Crippen molar-refractivity contribution in [3.8, 4) is 5.75 Å². The van der Waals surface area contributed by atoms with Crippen LogP contribution in [0.1, 0.15) is 13.3 Å². The van der Waals surface area contributed by atoms with Crippen molar-refractivity contribution in [2.45, 2.75) is 25.5 Å². The van der Waals surface area contributed by atoms with Crippen LogP contribution in [-0.4, -0.2) is 29.8 Å². The minimum absolute atomic E-state index is 0.0736. The van der Waals surface area contributed by atoms with E-state index in [2.05, 4.69) is 5.32 Å². The predicted octanol–water partition coefficient (Wildman–Crippen LogP) is 2.81. The first-order valence-corrected chi connectivity index (χ1v) is 7.47. The van der Waals surface area contributed by atoms with Crippen LogP contribution in [0.25, 0.3) is 0 Å². The molecule has 0 bridgehead atoms. The van der Waals surface area contributed by atoms with Gasteiger partial charge < -0.3 is 15.2 Å². The first-order valence-electron chi connectivity index (χ1n) is 6.71. The Bertz CT molecular complexity index is 548. The number of aliphatic hydroxyl groups excluding tert-OH is 1. The summed E-state index contributed by atoms with van der Waals surface area (Å²) in [6.45, 7) is 1.74. The van der Waals surface area contributed by atoms with Gasteiger partial charge in [0.2, 0.25) is 0 Å². The monoisotopic (exact) mass is 329 g/mol. The fourth-order valence-corrected chi connectivity index (χ4v) is 2.47. The minimum atomic E-state index is -0.692. The zero-order valence-corrected chi connectivity index (χ0v) is 13.1. The first kappa shape index (κ1) is 16.1. The number of amides is 1. The van der Waals surface area contributed by atoms with E-state index in [-0.39, 0.29) is 24.5 Å². The molecule has 1 amide bonds. The average Bonchev–Trinajstić information content (AvgIpc) is 2.91. The number of halogens is 2. The van der Waals surface area contributed by atoms with E-state index in [4.69, 9.17) is 33.0 Å². The van der Waals surface area contributed by atoms with Crippen molar-refractivity contribution in [3.63, 3.8) is 0 Å². The Morgan fingerprint density at radius 2 is 2.24 bits per heavy atom. The molecular formula is C15H17Cl2NO3. The zero-order chi connectivity index (χ0) is 15.4. The van der Waals surface area contributed by atoms with E-state index in [0.717, 1.165) is 0 Å². The van der Waals surface area contributed by atoms with Crippen LogP contribution in [0.15, 0.2) is 30.4 Å². The van der Waals surface area contributed by atoms with Crippen LogP contribution in [0.2, 0.25) is 10.0 Å². The molecule has 2 N–H and O–H groups in total. The average molecular weight is 330 g/mol. The van der Waals surface area contributed by atoms with E-state index in [1.807, 2.05) is 12.2 Å². The number of benzene rings is 1. The third kappa shape index (κ3) is 4.13. The molecule has 21 heavy (non-hydrogen) atoms. The van der Waals surface area contributed by atoms with Gasteiger partial charge >= 0.3 is 0 Å². The second kappa shape index (κ2) is 7.16. The molecule has 0 aliphatic heterocycles. The van der Waals surface area contributed by atoms with Crippen molar-refractivity contribution in [1.29, 1.82) is 0 Å². The molecule has 0 radical (unpaired) electrons. The molecule has 0 heterocycles. The van der Waals surface area contributed by atoms with Crippen LogP contribution < -0.4 is 10.1 Å². The molecule has 0 aromatic heterocycles. The second-order valence-corrected chi connectivity index (χ2v) is 5.78. The van der Waals surface area contributed by atoms with Crippen molar-refractivity contribution in [1.82, 2.24) is 5.32 Å². The second-order valence-electron chi connectivity index (χ2n) is 4.99. The highest BCUT2D eigenvalue weighted by molar-refractivity contribution is 6.42. The van der Waals surface area contributed by atoms with Gasteiger partial charge in [-0.05, 0) is 25.5 Å². The predicted molar refractivity (Wildman–Crippen MR) is 82.8 cm³/mol. The van der Waals surface area contributed by atoms with E-state index in [1.165, 1.54) is 0 Å². The molecule has 0 spiro atoms. The number of rotatable bonds is 5. The minimum Gasteiger partial charge on any atom is -0.479 e. The van der Waals surface area contributed by atoms with Crippen LogP contribution >= 0.6 is 23.2 Å². The summed E-state index contributed by atoms with van der Waals surface area (Å²) < 4.78 is 5.55. The number of hydrogen-bond donors (Lipinski definition) is 2. The lowest BCUT2D eigenvalue weighted by atomic mass is 10.1. The fourth-order valence-electron chi connectivity index (χ4n) is 2.14. The molecule has 0 saturated carbocycles. The van der Waals surface area contributed by atoms with E-state index in [0.29, 0.717) is 22.2 Å². The van der Waals surface area contributed by atoms with Crippen molar-refractivity contribution < 1.29 is 14.6 Å². The Kier molecular flexibility index (Phi) is 5.51. The Labute approximate surface area is 133 Å². The van der Waals surface area contributed by atoms with Crippen LogP contribution in [0.5, 0.6) is 5.75 Å². The largest absolute Gasteiger partial charge is 0.479 e. The molecule has 4 nitrogen and oxygen atoms in total. The van der Waals surface area contributed by atoms with E-state index >= 15 is 0 Å². The SMILES string of the molecule is CC(Oc1cccc(Cl)c1Cl)C(=O)N[C@@H]1C=C[C@H](CO)C1. The molecular weight excluding hydrogens is 313 g/mol. The van der Waals surface area contributed by atoms with Gasteiger partial charge in [0.15, 0.2) is 6.10 Å². The summed E-state index contributed by atoms with van der Waals surface area (Å²) in [5.41, 5.74) is 0. The van der Waals surface area contributed by atoms with Gasteiger partial charge in [-0.1, -0.05) is 41.4 Å². The van der Waals surface area contributed by atoms with Crippen molar-refractivity contribution >= 4 is 29.1 Å². The Hall–Kier alpha value is -1.23. The molecule has 1 aromatic carbocycles. The van der Waals surface area contributed by atoms with Gasteiger partial charge in [0.1, 0.15) is 10.8 Å². The van der Waals surface area contributed by atoms with Gasteiger partial charge in [-0.25, -0.2) is 0 Å². The molecule has 3 atom stereocenters. The molecule has 1 aliphatic carbocycles. The normalized spacial score (nSPS) is 22.1. The van der Waals surface area contributed by atoms with Crippen molar-refractivity contribution in [2.75, 3.05) is 6.61 Å². The maximum absolute atomic E-state index is 12.1. The van der Waals surface area contributed by atoms with Gasteiger partial charge in [0.25, 0.3) is 5.91 Å². The third-order valence-corrected chi connectivity index (χ3v) is 4.13. The smallest absolute Gasteiger partial charge is 0.261 e. The van der Waals surface area contributed by atoms with Gasteiger partial charge in [-0.2, -0.15) is 0 Å². The number of ether oxygens (including phenoxy) is 1. The third-order valence-electron chi connectivity index (χ3n) is 3.32. The summed E-state index contributed by atoms with van der Waals surface area (Å²) in [5.74, 6) is 0.246. The standard InChI is InChI=1S/C15H17Cl2NO3/c1-9(21-13-4-2-3-12(16)14(13)17)15(20)18-11-6-5-10(7-11)8-19/h2-6,9-11,19H,7-8H2,1H3,(H,18,20)/t9?,10-,11+/m0/s1. The van der Waals surface area contributed by atoms with E-state index in [9.17, 15) is 4.79 Å². The Morgan fingerprint density at radius 1 is 1.48 bits per heavy atom. The summed E-state index contributed by atoms with van der Waals surface area (Å²) in [6.07, 6.45) is 3.80. The number of carbonyl (C=O) groups is 1. The lowest BCUT2D eigenvalue weighted by Gasteiger charge is -2.18. The van der Waals surface area contributed by atoms with Crippen LogP contribution in [0, 0.1) is 5.92 Å². The number of carbonyl (C=O) groups excluding carboxylic acids is 1. The lowest BCUT2D eigenvalue weighted by molar-refractivity contribution is -0.127. The van der Waals surface area contributed by atoms with Crippen LogP contribution in [-0.2, 0) is 4.79 Å². The van der Waals surface area contributed by atoms with Gasteiger partial charge in [0.05, 0.1) is 5.02 Å². The highest BCUT2D eigenvalue weighted by Crippen LogP contribution is 2.32. The van der Waals surface area contributed by atoms with Crippen molar-refractivity contribution in [3.05, 3.63) is 40.4 Å². The van der Waals surface area contributed by atoms with Crippen LogP contribution in [0.3, 0.4) is 0 Å². The molecule has 0 fully saturated rings. The molecule has 1 aromatic rings. The Balaban J connectivity index is 1.91. The Morgan fingerprint density at radius 3 is 2.90 bits per heavy atom. The molecule has 2 rings (SSSR count). The zero-order valence-electron chi connectivity index (χ0n) is 11.6.